The highest BCUT2D eigenvalue weighted by Crippen LogP contribution is 2.45. The van der Waals surface area contributed by atoms with Crippen LogP contribution in [0.3, 0.4) is 0 Å². The highest BCUT2D eigenvalue weighted by molar-refractivity contribution is 5.82. The Bertz CT molecular complexity index is 658. The molecule has 0 aliphatic heterocycles. The SMILES string of the molecule is COCc1cc(-c2ccc(F)cc2)c(C2CC2)cc1C=O. The van der Waals surface area contributed by atoms with Crippen molar-refractivity contribution in [1.82, 2.24) is 0 Å². The third-order valence-electron chi connectivity index (χ3n) is 3.91. The summed E-state index contributed by atoms with van der Waals surface area (Å²) in [6, 6.07) is 10.5. The van der Waals surface area contributed by atoms with E-state index in [0.717, 1.165) is 35.8 Å². The molecule has 1 aliphatic rings. The number of carbonyl (C=O) groups excluding carboxylic acids is 1. The zero-order chi connectivity index (χ0) is 14.8. The van der Waals surface area contributed by atoms with Crippen LogP contribution in [0.25, 0.3) is 11.1 Å². The Labute approximate surface area is 123 Å². The van der Waals surface area contributed by atoms with Crippen LogP contribution in [0, 0.1) is 5.82 Å². The van der Waals surface area contributed by atoms with Crippen LogP contribution in [-0.2, 0) is 11.3 Å². The molecule has 0 saturated heterocycles. The molecule has 0 aromatic heterocycles. The van der Waals surface area contributed by atoms with Gasteiger partial charge in [-0.05, 0) is 65.3 Å². The molecule has 3 rings (SSSR count). The lowest BCUT2D eigenvalue weighted by molar-refractivity contribution is 0.111. The summed E-state index contributed by atoms with van der Waals surface area (Å²) in [7, 11) is 1.61. The van der Waals surface area contributed by atoms with Gasteiger partial charge in [0.15, 0.2) is 0 Å². The maximum Gasteiger partial charge on any atom is 0.150 e. The van der Waals surface area contributed by atoms with E-state index < -0.39 is 0 Å². The number of hydrogen-bond acceptors (Lipinski definition) is 2. The van der Waals surface area contributed by atoms with Gasteiger partial charge in [-0.1, -0.05) is 12.1 Å². The second-order valence-electron chi connectivity index (χ2n) is 5.47. The monoisotopic (exact) mass is 284 g/mol. The van der Waals surface area contributed by atoms with E-state index in [9.17, 15) is 9.18 Å². The Kier molecular flexibility index (Phi) is 3.84. The van der Waals surface area contributed by atoms with Gasteiger partial charge in [-0.15, -0.1) is 0 Å². The lowest BCUT2D eigenvalue weighted by Gasteiger charge is -2.14. The number of aldehydes is 1. The zero-order valence-electron chi connectivity index (χ0n) is 11.9. The molecule has 21 heavy (non-hydrogen) atoms. The molecule has 1 aliphatic carbocycles. The lowest BCUT2D eigenvalue weighted by atomic mass is 9.92. The summed E-state index contributed by atoms with van der Waals surface area (Å²) in [6.45, 7) is 0.396. The van der Waals surface area contributed by atoms with Crippen LogP contribution in [0.2, 0.25) is 0 Å². The van der Waals surface area contributed by atoms with Crippen LogP contribution < -0.4 is 0 Å². The molecule has 2 nitrogen and oxygen atoms in total. The molecule has 1 saturated carbocycles. The van der Waals surface area contributed by atoms with Crippen LogP contribution in [0.4, 0.5) is 4.39 Å². The molecule has 2 aromatic rings. The quantitative estimate of drug-likeness (QED) is 0.764. The first-order valence-corrected chi connectivity index (χ1v) is 7.10. The molecule has 0 atom stereocenters. The van der Waals surface area contributed by atoms with Crippen molar-refractivity contribution >= 4 is 6.29 Å². The number of ether oxygens (including phenoxy) is 1. The second kappa shape index (κ2) is 5.78. The normalized spacial score (nSPS) is 14.2. The number of benzene rings is 2. The van der Waals surface area contributed by atoms with Crippen molar-refractivity contribution in [2.24, 2.45) is 0 Å². The average Bonchev–Trinajstić information content (AvgIpc) is 3.33. The van der Waals surface area contributed by atoms with Gasteiger partial charge in [0, 0.05) is 12.7 Å². The molecular formula is C18H17FO2. The third kappa shape index (κ3) is 2.88. The molecule has 0 heterocycles. The molecule has 0 amide bonds. The van der Waals surface area contributed by atoms with Crippen molar-refractivity contribution in [2.45, 2.75) is 25.4 Å². The van der Waals surface area contributed by atoms with E-state index in [0.29, 0.717) is 18.1 Å². The fourth-order valence-electron chi connectivity index (χ4n) is 2.68. The molecular weight excluding hydrogens is 267 g/mol. The number of methoxy groups -OCH3 is 1. The standard InChI is InChI=1S/C18H17FO2/c1-21-11-15-9-18(13-4-6-16(19)7-5-13)17(12-2-3-12)8-14(15)10-20/h4-10,12H,2-3,11H2,1H3. The topological polar surface area (TPSA) is 26.3 Å². The molecule has 0 N–H and O–H groups in total. The summed E-state index contributed by atoms with van der Waals surface area (Å²) < 4.78 is 18.3. The van der Waals surface area contributed by atoms with E-state index in [4.69, 9.17) is 4.74 Å². The maximum absolute atomic E-state index is 13.1. The maximum atomic E-state index is 13.1. The highest BCUT2D eigenvalue weighted by Gasteiger charge is 2.27. The van der Waals surface area contributed by atoms with E-state index in [-0.39, 0.29) is 5.82 Å². The van der Waals surface area contributed by atoms with Crippen molar-refractivity contribution in [3.8, 4) is 11.1 Å². The third-order valence-corrected chi connectivity index (χ3v) is 3.91. The van der Waals surface area contributed by atoms with Gasteiger partial charge in [-0.3, -0.25) is 4.79 Å². The predicted octanol–water partition coefficient (Wildman–Crippen LogP) is 4.33. The van der Waals surface area contributed by atoms with E-state index in [1.807, 2.05) is 12.1 Å². The van der Waals surface area contributed by atoms with E-state index >= 15 is 0 Å². The fraction of sp³-hybridized carbons (Fsp3) is 0.278. The number of halogens is 1. The van der Waals surface area contributed by atoms with Crippen molar-refractivity contribution in [3.05, 3.63) is 58.9 Å². The summed E-state index contributed by atoms with van der Waals surface area (Å²) in [6.07, 6.45) is 3.18. The van der Waals surface area contributed by atoms with Crippen molar-refractivity contribution in [3.63, 3.8) is 0 Å². The fourth-order valence-corrected chi connectivity index (χ4v) is 2.68. The molecule has 0 unspecified atom stereocenters. The van der Waals surface area contributed by atoms with Crippen LogP contribution in [0.5, 0.6) is 0 Å². The molecule has 0 bridgehead atoms. The van der Waals surface area contributed by atoms with Gasteiger partial charge in [0.1, 0.15) is 12.1 Å². The Morgan fingerprint density at radius 3 is 2.52 bits per heavy atom. The van der Waals surface area contributed by atoms with Gasteiger partial charge in [0.2, 0.25) is 0 Å². The smallest absolute Gasteiger partial charge is 0.150 e. The van der Waals surface area contributed by atoms with Crippen LogP contribution in [0.1, 0.15) is 40.2 Å². The lowest BCUT2D eigenvalue weighted by Crippen LogP contribution is -1.99. The minimum absolute atomic E-state index is 0.242. The Balaban J connectivity index is 2.14. The van der Waals surface area contributed by atoms with Gasteiger partial charge >= 0.3 is 0 Å². The number of carbonyl (C=O) groups is 1. The minimum atomic E-state index is -0.242. The Morgan fingerprint density at radius 2 is 1.95 bits per heavy atom. The first-order valence-electron chi connectivity index (χ1n) is 7.10. The largest absolute Gasteiger partial charge is 0.380 e. The number of hydrogen-bond donors (Lipinski definition) is 0. The molecule has 3 heteroatoms. The van der Waals surface area contributed by atoms with E-state index in [1.54, 1.807) is 19.2 Å². The van der Waals surface area contributed by atoms with E-state index in [2.05, 4.69) is 0 Å². The molecule has 0 radical (unpaired) electrons. The van der Waals surface area contributed by atoms with Crippen molar-refractivity contribution < 1.29 is 13.9 Å². The van der Waals surface area contributed by atoms with Gasteiger partial charge in [0.05, 0.1) is 6.61 Å². The number of rotatable bonds is 5. The van der Waals surface area contributed by atoms with Crippen molar-refractivity contribution in [1.29, 1.82) is 0 Å². The van der Waals surface area contributed by atoms with Gasteiger partial charge in [-0.2, -0.15) is 0 Å². The van der Waals surface area contributed by atoms with Gasteiger partial charge in [-0.25, -0.2) is 4.39 Å². The molecule has 2 aromatic carbocycles. The van der Waals surface area contributed by atoms with Gasteiger partial charge < -0.3 is 4.74 Å². The average molecular weight is 284 g/mol. The summed E-state index contributed by atoms with van der Waals surface area (Å²) in [5.41, 5.74) is 4.80. The molecule has 0 spiro atoms. The molecule has 108 valence electrons. The van der Waals surface area contributed by atoms with Crippen LogP contribution in [-0.4, -0.2) is 13.4 Å². The Morgan fingerprint density at radius 1 is 1.24 bits per heavy atom. The van der Waals surface area contributed by atoms with Gasteiger partial charge in [0.25, 0.3) is 0 Å². The minimum Gasteiger partial charge on any atom is -0.380 e. The van der Waals surface area contributed by atoms with Crippen molar-refractivity contribution in [2.75, 3.05) is 7.11 Å². The summed E-state index contributed by atoms with van der Waals surface area (Å²) in [4.78, 5) is 11.3. The van der Waals surface area contributed by atoms with Crippen LogP contribution in [0.15, 0.2) is 36.4 Å². The zero-order valence-corrected chi connectivity index (χ0v) is 11.9. The second-order valence-corrected chi connectivity index (χ2v) is 5.47. The summed E-state index contributed by atoms with van der Waals surface area (Å²) in [5.74, 6) is 0.272. The first-order chi connectivity index (χ1) is 10.2. The molecule has 1 fully saturated rings. The van der Waals surface area contributed by atoms with E-state index in [1.165, 1.54) is 17.7 Å². The summed E-state index contributed by atoms with van der Waals surface area (Å²) >= 11 is 0. The predicted molar refractivity (Wildman–Crippen MR) is 79.9 cm³/mol. The van der Waals surface area contributed by atoms with Crippen LogP contribution >= 0.6 is 0 Å². The summed E-state index contributed by atoms with van der Waals surface area (Å²) in [5, 5.41) is 0. The Hall–Kier alpha value is -2.00. The first kappa shape index (κ1) is 14.0. The highest BCUT2D eigenvalue weighted by atomic mass is 19.1.